The van der Waals surface area contributed by atoms with E-state index in [1.54, 1.807) is 55.7 Å². The third kappa shape index (κ3) is 6.52. The lowest BCUT2D eigenvalue weighted by Gasteiger charge is -2.24. The minimum atomic E-state index is -0.962. The molecule has 2 atom stereocenters. The van der Waals surface area contributed by atoms with E-state index < -0.39 is 17.8 Å². The Kier molecular flexibility index (Phi) is 8.37. The van der Waals surface area contributed by atoms with Gasteiger partial charge in [0.15, 0.2) is 0 Å². The smallest absolute Gasteiger partial charge is 0.307 e. The lowest BCUT2D eigenvalue weighted by molar-refractivity contribution is -0.146. The molecule has 0 saturated heterocycles. The molecule has 0 bridgehead atoms. The molecule has 0 aliphatic heterocycles. The monoisotopic (exact) mass is 470 g/mol. The van der Waals surface area contributed by atoms with Crippen LogP contribution in [0.3, 0.4) is 0 Å². The van der Waals surface area contributed by atoms with Gasteiger partial charge in [0.25, 0.3) is 0 Å². The van der Waals surface area contributed by atoms with Gasteiger partial charge in [-0.15, -0.1) is 11.8 Å². The first-order valence-corrected chi connectivity index (χ1v) is 11.3. The Hall–Kier alpha value is -3.46. The van der Waals surface area contributed by atoms with Gasteiger partial charge < -0.3 is 25.2 Å². The highest BCUT2D eigenvalue weighted by molar-refractivity contribution is 8.00. The Labute approximate surface area is 196 Å². The Bertz CT molecular complexity index is 1040. The second-order valence-corrected chi connectivity index (χ2v) is 8.46. The molecule has 2 aromatic carbocycles. The average Bonchev–Trinajstić information content (AvgIpc) is 2.83. The van der Waals surface area contributed by atoms with E-state index in [-0.39, 0.29) is 17.6 Å². The van der Waals surface area contributed by atoms with E-state index in [1.165, 1.54) is 18.9 Å². The number of methoxy groups -OCH3 is 2. The molecule has 1 aliphatic carbocycles. The van der Waals surface area contributed by atoms with Crippen LogP contribution >= 0.6 is 11.8 Å². The maximum atomic E-state index is 12.6. The first kappa shape index (κ1) is 24.2. The van der Waals surface area contributed by atoms with Crippen LogP contribution in [-0.4, -0.2) is 42.9 Å². The van der Waals surface area contributed by atoms with Crippen LogP contribution in [0.5, 0.6) is 11.5 Å². The minimum absolute atomic E-state index is 0.181. The molecule has 0 aromatic heterocycles. The number of anilines is 2. The van der Waals surface area contributed by atoms with Crippen LogP contribution in [0.4, 0.5) is 11.4 Å². The number of hydrogen-bond donors (Lipinski definition) is 3. The van der Waals surface area contributed by atoms with Crippen molar-refractivity contribution in [1.29, 1.82) is 0 Å². The minimum Gasteiger partial charge on any atom is -0.497 e. The van der Waals surface area contributed by atoms with Crippen molar-refractivity contribution in [2.24, 2.45) is 11.8 Å². The lowest BCUT2D eigenvalue weighted by Crippen LogP contribution is -2.34. The predicted octanol–water partition coefficient (Wildman–Crippen LogP) is 4.04. The Balaban J connectivity index is 1.53. The number of allylic oxidation sites excluding steroid dienone is 2. The van der Waals surface area contributed by atoms with Gasteiger partial charge in [-0.05, 0) is 49.2 Å². The van der Waals surface area contributed by atoms with Crippen LogP contribution in [0.1, 0.15) is 12.8 Å². The maximum absolute atomic E-state index is 12.6. The number of carboxylic acids is 1. The molecule has 2 aromatic rings. The Morgan fingerprint density at radius 2 is 1.67 bits per heavy atom. The summed E-state index contributed by atoms with van der Waals surface area (Å²) in [4.78, 5) is 37.2. The van der Waals surface area contributed by atoms with E-state index in [1.807, 2.05) is 6.08 Å². The number of carboxylic acid groups (broad SMARTS) is 1. The largest absolute Gasteiger partial charge is 0.497 e. The van der Waals surface area contributed by atoms with Crippen molar-refractivity contribution >= 4 is 40.9 Å². The first-order chi connectivity index (χ1) is 15.9. The Morgan fingerprint density at radius 1 is 0.970 bits per heavy atom. The van der Waals surface area contributed by atoms with Crippen LogP contribution in [0.25, 0.3) is 0 Å². The molecule has 1 aliphatic rings. The summed E-state index contributed by atoms with van der Waals surface area (Å²) in [5.74, 6) is -1.46. The first-order valence-electron chi connectivity index (χ1n) is 10.3. The summed E-state index contributed by atoms with van der Waals surface area (Å²) in [6.45, 7) is 0. The highest BCUT2D eigenvalue weighted by Gasteiger charge is 2.33. The zero-order chi connectivity index (χ0) is 23.8. The number of thioether (sulfide) groups is 1. The molecule has 2 amide bonds. The van der Waals surface area contributed by atoms with Crippen molar-refractivity contribution in [3.63, 3.8) is 0 Å². The molecule has 0 heterocycles. The zero-order valence-electron chi connectivity index (χ0n) is 18.4. The molecule has 8 nitrogen and oxygen atoms in total. The standard InChI is InChI=1S/C24H26N2O6S/c1-31-16-9-12-21(32-2)20(13-16)26-22(27)14-33-17-10-7-15(8-11-17)25-23(28)18-5-3-4-6-19(18)24(29)30/h3-4,7-13,18-19H,5-6,14H2,1-2H3,(H,25,28)(H,26,27)(H,29,30). The quantitative estimate of drug-likeness (QED) is 0.374. The van der Waals surface area contributed by atoms with E-state index >= 15 is 0 Å². The van der Waals surface area contributed by atoms with Crippen LogP contribution in [0.15, 0.2) is 59.5 Å². The summed E-state index contributed by atoms with van der Waals surface area (Å²) < 4.78 is 10.5. The fourth-order valence-electron chi connectivity index (χ4n) is 3.49. The van der Waals surface area contributed by atoms with Crippen LogP contribution in [-0.2, 0) is 14.4 Å². The van der Waals surface area contributed by atoms with Crippen molar-refractivity contribution in [1.82, 2.24) is 0 Å². The van der Waals surface area contributed by atoms with Gasteiger partial charge in [-0.3, -0.25) is 14.4 Å². The van der Waals surface area contributed by atoms with Crippen LogP contribution < -0.4 is 20.1 Å². The van der Waals surface area contributed by atoms with E-state index in [0.717, 1.165) is 4.90 Å². The highest BCUT2D eigenvalue weighted by Crippen LogP contribution is 2.30. The molecule has 0 radical (unpaired) electrons. The summed E-state index contributed by atoms with van der Waals surface area (Å²) in [6.07, 6.45) is 4.40. The van der Waals surface area contributed by atoms with Crippen LogP contribution in [0.2, 0.25) is 0 Å². The molecular weight excluding hydrogens is 444 g/mol. The number of amides is 2. The van der Waals surface area contributed by atoms with Gasteiger partial charge in [0.1, 0.15) is 11.5 Å². The number of rotatable bonds is 9. The van der Waals surface area contributed by atoms with Crippen molar-refractivity contribution in [3.8, 4) is 11.5 Å². The molecule has 0 spiro atoms. The number of aliphatic carboxylic acids is 1. The normalized spacial score (nSPS) is 17.2. The SMILES string of the molecule is COc1ccc(OC)c(NC(=O)CSc2ccc(NC(=O)C3CC=CCC3C(=O)O)cc2)c1. The van der Waals surface area contributed by atoms with Gasteiger partial charge in [0.2, 0.25) is 11.8 Å². The fourth-order valence-corrected chi connectivity index (χ4v) is 4.19. The molecule has 0 saturated carbocycles. The van der Waals surface area contributed by atoms with Gasteiger partial charge in [-0.2, -0.15) is 0 Å². The third-order valence-electron chi connectivity index (χ3n) is 5.26. The molecule has 3 N–H and O–H groups in total. The van der Waals surface area contributed by atoms with Crippen molar-refractivity contribution in [2.45, 2.75) is 17.7 Å². The molecule has 2 unspecified atom stereocenters. The number of carbonyl (C=O) groups excluding carboxylic acids is 2. The molecule has 9 heteroatoms. The maximum Gasteiger partial charge on any atom is 0.307 e. The summed E-state index contributed by atoms with van der Waals surface area (Å²) in [6, 6.07) is 12.2. The fraction of sp³-hybridized carbons (Fsp3) is 0.292. The molecule has 3 rings (SSSR count). The van der Waals surface area contributed by atoms with Crippen molar-refractivity contribution < 1.29 is 29.0 Å². The predicted molar refractivity (Wildman–Crippen MR) is 127 cm³/mol. The van der Waals surface area contributed by atoms with Gasteiger partial charge in [0.05, 0.1) is 37.5 Å². The van der Waals surface area contributed by atoms with E-state index in [9.17, 15) is 19.5 Å². The molecule has 0 fully saturated rings. The highest BCUT2D eigenvalue weighted by atomic mass is 32.2. The van der Waals surface area contributed by atoms with E-state index in [4.69, 9.17) is 9.47 Å². The summed E-state index contributed by atoms with van der Waals surface area (Å²) in [5.41, 5.74) is 1.10. The molecular formula is C24H26N2O6S. The van der Waals surface area contributed by atoms with Crippen molar-refractivity contribution in [3.05, 3.63) is 54.6 Å². The summed E-state index contributed by atoms with van der Waals surface area (Å²) in [7, 11) is 3.07. The summed E-state index contributed by atoms with van der Waals surface area (Å²) >= 11 is 1.35. The van der Waals surface area contributed by atoms with Gasteiger partial charge in [-0.1, -0.05) is 12.2 Å². The second-order valence-electron chi connectivity index (χ2n) is 7.41. The number of nitrogens with one attached hydrogen (secondary N) is 2. The lowest BCUT2D eigenvalue weighted by atomic mass is 9.82. The number of benzene rings is 2. The van der Waals surface area contributed by atoms with Gasteiger partial charge in [0, 0.05) is 16.6 Å². The topological polar surface area (TPSA) is 114 Å². The van der Waals surface area contributed by atoms with Crippen molar-refractivity contribution in [2.75, 3.05) is 30.6 Å². The average molecular weight is 471 g/mol. The van der Waals surface area contributed by atoms with Gasteiger partial charge in [-0.25, -0.2) is 0 Å². The third-order valence-corrected chi connectivity index (χ3v) is 6.27. The number of ether oxygens (including phenoxy) is 2. The van der Waals surface area contributed by atoms with E-state index in [2.05, 4.69) is 10.6 Å². The number of carbonyl (C=O) groups is 3. The molecule has 174 valence electrons. The molecule has 33 heavy (non-hydrogen) atoms. The Morgan fingerprint density at radius 3 is 2.30 bits per heavy atom. The van der Waals surface area contributed by atoms with Crippen LogP contribution in [0, 0.1) is 11.8 Å². The number of hydrogen-bond acceptors (Lipinski definition) is 6. The zero-order valence-corrected chi connectivity index (χ0v) is 19.2. The van der Waals surface area contributed by atoms with Gasteiger partial charge >= 0.3 is 5.97 Å². The van der Waals surface area contributed by atoms with E-state index in [0.29, 0.717) is 35.7 Å². The summed E-state index contributed by atoms with van der Waals surface area (Å²) in [5, 5.41) is 15.0. The second kappa shape index (κ2) is 11.4.